The molecule has 4 aliphatic carbocycles. The van der Waals surface area contributed by atoms with E-state index in [9.17, 15) is 24.9 Å². The van der Waals surface area contributed by atoms with E-state index in [2.05, 4.69) is 6.58 Å². The van der Waals surface area contributed by atoms with Gasteiger partial charge in [-0.1, -0.05) is 19.9 Å². The zero-order chi connectivity index (χ0) is 18.7. The van der Waals surface area contributed by atoms with Crippen LogP contribution in [-0.4, -0.2) is 52.0 Å². The molecule has 4 saturated carbocycles. The van der Waals surface area contributed by atoms with Crippen LogP contribution in [0, 0.1) is 34.0 Å². The fourth-order valence-corrected chi connectivity index (χ4v) is 7.86. The lowest BCUT2D eigenvalue weighted by atomic mass is 9.36. The Morgan fingerprint density at radius 1 is 1.23 bits per heavy atom. The number of aliphatic hydroxyl groups excluding tert-OH is 2. The molecule has 6 aliphatic rings. The van der Waals surface area contributed by atoms with Gasteiger partial charge in [0.2, 0.25) is 5.79 Å². The summed E-state index contributed by atoms with van der Waals surface area (Å²) in [6.45, 7) is 5.93. The van der Waals surface area contributed by atoms with Crippen molar-refractivity contribution < 1.29 is 29.6 Å². The van der Waals surface area contributed by atoms with Crippen LogP contribution in [0.1, 0.15) is 39.0 Å². The number of rotatable bonds is 1. The molecule has 142 valence electrons. The van der Waals surface area contributed by atoms with Crippen LogP contribution >= 0.6 is 0 Å². The van der Waals surface area contributed by atoms with Crippen LogP contribution in [0.3, 0.4) is 0 Å². The lowest BCUT2D eigenvalue weighted by molar-refractivity contribution is -0.446. The number of ketones is 1. The number of hydrogen-bond donors (Lipinski definition) is 3. The average molecular weight is 362 g/mol. The van der Waals surface area contributed by atoms with Gasteiger partial charge in [-0.25, -0.2) is 0 Å². The molecule has 6 heteroatoms. The van der Waals surface area contributed by atoms with Crippen LogP contribution in [0.25, 0.3) is 0 Å². The highest BCUT2D eigenvalue weighted by Gasteiger charge is 2.85. The number of ether oxygens (including phenoxy) is 1. The van der Waals surface area contributed by atoms with Gasteiger partial charge in [0.15, 0.2) is 5.78 Å². The molecule has 26 heavy (non-hydrogen) atoms. The van der Waals surface area contributed by atoms with E-state index in [1.165, 1.54) is 0 Å². The molecule has 3 N–H and O–H groups in total. The first-order valence-corrected chi connectivity index (χ1v) is 9.63. The maximum Gasteiger partial charge on any atom is 0.208 e. The van der Waals surface area contributed by atoms with Gasteiger partial charge in [0, 0.05) is 22.7 Å². The van der Waals surface area contributed by atoms with Gasteiger partial charge in [0.1, 0.15) is 17.8 Å². The summed E-state index contributed by atoms with van der Waals surface area (Å²) in [5, 5.41) is 33.9. The van der Waals surface area contributed by atoms with Gasteiger partial charge < -0.3 is 24.9 Å². The second-order valence-corrected chi connectivity index (χ2v) is 9.52. The van der Waals surface area contributed by atoms with Crippen molar-refractivity contribution in [1.82, 2.24) is 0 Å². The van der Waals surface area contributed by atoms with Crippen LogP contribution in [0.4, 0.5) is 0 Å². The molecule has 0 aromatic heterocycles. The molecule has 2 aliphatic heterocycles. The monoisotopic (exact) mass is 362 g/mol. The first-order valence-electron chi connectivity index (χ1n) is 9.63. The molecular formula is C20H26O6. The number of carbonyl (C=O) groups excluding carboxylic acids is 2. The van der Waals surface area contributed by atoms with Gasteiger partial charge in [0.05, 0.1) is 12.7 Å². The number of aliphatic hydroxyl groups is 3. The highest BCUT2D eigenvalue weighted by atomic mass is 16.6. The van der Waals surface area contributed by atoms with Crippen molar-refractivity contribution in [3.8, 4) is 0 Å². The molecule has 2 heterocycles. The summed E-state index contributed by atoms with van der Waals surface area (Å²) in [7, 11) is 0. The highest BCUT2D eigenvalue weighted by molar-refractivity contribution is 6.05. The van der Waals surface area contributed by atoms with Crippen molar-refractivity contribution in [2.45, 2.75) is 57.0 Å². The minimum atomic E-state index is -2.18. The fraction of sp³-hybridized carbons (Fsp3) is 0.800. The smallest absolute Gasteiger partial charge is 0.208 e. The van der Waals surface area contributed by atoms with E-state index in [4.69, 9.17) is 4.74 Å². The Morgan fingerprint density at radius 2 is 1.96 bits per heavy atom. The minimum Gasteiger partial charge on any atom is -0.391 e. The van der Waals surface area contributed by atoms with Gasteiger partial charge in [-0.15, -0.1) is 0 Å². The Morgan fingerprint density at radius 3 is 2.65 bits per heavy atom. The zero-order valence-electron chi connectivity index (χ0n) is 15.0. The van der Waals surface area contributed by atoms with E-state index < -0.39 is 46.1 Å². The predicted octanol–water partition coefficient (Wildman–Crippen LogP) is 0.584. The van der Waals surface area contributed by atoms with Crippen molar-refractivity contribution >= 4 is 12.1 Å². The maximum absolute atomic E-state index is 13.3. The molecule has 6 fully saturated rings. The summed E-state index contributed by atoms with van der Waals surface area (Å²) < 4.78 is 5.82. The van der Waals surface area contributed by atoms with Crippen molar-refractivity contribution in [1.29, 1.82) is 0 Å². The van der Waals surface area contributed by atoms with Crippen molar-refractivity contribution in [2.75, 3.05) is 6.61 Å². The van der Waals surface area contributed by atoms with E-state index in [0.29, 0.717) is 24.8 Å². The molecule has 0 unspecified atom stereocenters. The summed E-state index contributed by atoms with van der Waals surface area (Å²) in [5.74, 6) is -3.75. The topological polar surface area (TPSA) is 104 Å². The third-order valence-corrected chi connectivity index (χ3v) is 8.80. The number of hydrogen-bond acceptors (Lipinski definition) is 6. The van der Waals surface area contributed by atoms with Gasteiger partial charge in [-0.2, -0.15) is 0 Å². The molecule has 2 spiro atoms. The summed E-state index contributed by atoms with van der Waals surface area (Å²) in [6.07, 6.45) is 1.85. The van der Waals surface area contributed by atoms with E-state index in [1.807, 2.05) is 6.92 Å². The number of carbonyl (C=O) groups is 2. The molecule has 0 radical (unpaired) electrons. The first-order chi connectivity index (χ1) is 12.2. The summed E-state index contributed by atoms with van der Waals surface area (Å²) in [6, 6.07) is 0. The Kier molecular flexibility index (Phi) is 3.06. The molecule has 0 aromatic carbocycles. The Hall–Kier alpha value is -1.08. The Balaban J connectivity index is 1.79. The largest absolute Gasteiger partial charge is 0.391 e. The van der Waals surface area contributed by atoms with Gasteiger partial charge in [0.25, 0.3) is 0 Å². The van der Waals surface area contributed by atoms with Gasteiger partial charge in [-0.3, -0.25) is 4.79 Å². The molecule has 0 amide bonds. The highest BCUT2D eigenvalue weighted by Crippen LogP contribution is 2.76. The van der Waals surface area contributed by atoms with E-state index in [0.717, 1.165) is 19.1 Å². The zero-order valence-corrected chi connectivity index (χ0v) is 15.0. The third-order valence-electron chi connectivity index (χ3n) is 8.80. The van der Waals surface area contributed by atoms with Crippen molar-refractivity contribution in [3.05, 3.63) is 12.2 Å². The second kappa shape index (κ2) is 4.66. The maximum atomic E-state index is 13.3. The molecular weight excluding hydrogens is 336 g/mol. The van der Waals surface area contributed by atoms with Crippen LogP contribution in [-0.2, 0) is 14.3 Å². The Labute approximate surface area is 152 Å². The summed E-state index contributed by atoms with van der Waals surface area (Å²) in [4.78, 5) is 25.3. The van der Waals surface area contributed by atoms with Crippen LogP contribution in [0.2, 0.25) is 0 Å². The standard InChI is InChI=1S/C20H26O6/c1-10-11-4-5-12-18-7-3-6-17(2,8-21)13(18)16(24)20(25,26-9-18)19(12,14(10)22)15(11)23/h8,11-13,15-16,23-25H,1,3-7,9H2,2H3/t11-,12-,13+,15+,16-,17+,18+,19-,20+/m0/s1. The Bertz CT molecular complexity index is 734. The molecule has 6 rings (SSSR count). The molecule has 2 saturated heterocycles. The van der Waals surface area contributed by atoms with E-state index in [1.54, 1.807) is 0 Å². The number of aldehydes is 1. The predicted molar refractivity (Wildman–Crippen MR) is 89.7 cm³/mol. The number of Topliss-reactive ketones (excluding diaryl/α,β-unsaturated/α-hetero) is 1. The van der Waals surface area contributed by atoms with E-state index >= 15 is 0 Å². The third kappa shape index (κ3) is 1.39. The average Bonchev–Trinajstić information content (AvgIpc) is 2.73. The van der Waals surface area contributed by atoms with Crippen LogP contribution in [0.5, 0.6) is 0 Å². The van der Waals surface area contributed by atoms with Crippen molar-refractivity contribution in [3.63, 3.8) is 0 Å². The molecule has 6 nitrogen and oxygen atoms in total. The minimum absolute atomic E-state index is 0.207. The number of fused-ring (bicyclic) bond motifs is 2. The van der Waals surface area contributed by atoms with E-state index in [-0.39, 0.29) is 18.3 Å². The van der Waals surface area contributed by atoms with Crippen LogP contribution in [0.15, 0.2) is 12.2 Å². The second-order valence-electron chi connectivity index (χ2n) is 9.52. The van der Waals surface area contributed by atoms with Gasteiger partial charge >= 0.3 is 0 Å². The lowest BCUT2D eigenvalue weighted by Crippen LogP contribution is -2.84. The normalized spacial score (nSPS) is 60.5. The summed E-state index contributed by atoms with van der Waals surface area (Å²) >= 11 is 0. The molecule has 4 bridgehead atoms. The van der Waals surface area contributed by atoms with Gasteiger partial charge in [-0.05, 0) is 37.2 Å². The quantitative estimate of drug-likeness (QED) is 0.466. The summed E-state index contributed by atoms with van der Waals surface area (Å²) in [5.41, 5.74) is -2.61. The van der Waals surface area contributed by atoms with Crippen molar-refractivity contribution in [2.24, 2.45) is 34.0 Å². The first kappa shape index (κ1) is 17.0. The SMILES string of the molecule is C=C1C(=O)[C@]23[C@H](O)[C@H]1CC[C@H]2[C@]12CCC[C@](C)(C=O)[C@H]1[C@H](O)[C@@]3(O)OC2. The van der Waals surface area contributed by atoms with Crippen LogP contribution < -0.4 is 0 Å². The molecule has 9 atom stereocenters. The molecule has 0 aromatic rings. The lowest BCUT2D eigenvalue weighted by Gasteiger charge is -2.73. The fourth-order valence-electron chi connectivity index (χ4n) is 7.86.